The standard InChI is InChI=1S/C26H45NO18/c1-7-12(27(2)9-3-8(4-28)13(31)16(34)14(9)32)15(33)20(38)25(41-7)44-23-11(6-30)43-26(21(39)18(23)36)45-22-10(5-29)42-24(40)19(37)17(22)35/h3,7,9-26,28-40H,4-6H2,1-2H3. The predicted octanol–water partition coefficient (Wildman–Crippen LogP) is -8.22. The Bertz CT molecular complexity index is 990. The van der Waals surface area contributed by atoms with Gasteiger partial charge in [0.25, 0.3) is 0 Å². The van der Waals surface area contributed by atoms with Crippen LogP contribution in [-0.2, 0) is 23.7 Å². The largest absolute Gasteiger partial charge is 0.394 e. The molecule has 1 aliphatic carbocycles. The Hall–Kier alpha value is -1.02. The van der Waals surface area contributed by atoms with E-state index >= 15 is 0 Å². The van der Waals surface area contributed by atoms with Crippen LogP contribution in [0.2, 0.25) is 0 Å². The molecule has 262 valence electrons. The van der Waals surface area contributed by atoms with Crippen molar-refractivity contribution in [3.05, 3.63) is 11.6 Å². The monoisotopic (exact) mass is 659 g/mol. The van der Waals surface area contributed by atoms with Gasteiger partial charge in [-0.3, -0.25) is 4.90 Å². The normalized spacial score (nSPS) is 51.3. The molecule has 0 bridgehead atoms. The summed E-state index contributed by atoms with van der Waals surface area (Å²) < 4.78 is 27.6. The summed E-state index contributed by atoms with van der Waals surface area (Å²) in [5.41, 5.74) is 0.0404. The van der Waals surface area contributed by atoms with Gasteiger partial charge in [0, 0.05) is 0 Å². The van der Waals surface area contributed by atoms with Crippen LogP contribution in [0.5, 0.6) is 0 Å². The van der Waals surface area contributed by atoms with Gasteiger partial charge in [0.1, 0.15) is 79.4 Å². The molecule has 0 aromatic heterocycles. The Morgan fingerprint density at radius 1 is 0.644 bits per heavy atom. The predicted molar refractivity (Wildman–Crippen MR) is 142 cm³/mol. The highest BCUT2D eigenvalue weighted by molar-refractivity contribution is 5.22. The Labute approximate surface area is 257 Å². The van der Waals surface area contributed by atoms with Crippen LogP contribution in [0.3, 0.4) is 0 Å². The summed E-state index contributed by atoms with van der Waals surface area (Å²) in [6.07, 6.45) is -26.5. The molecule has 0 spiro atoms. The third-order valence-corrected chi connectivity index (χ3v) is 8.96. The van der Waals surface area contributed by atoms with Crippen molar-refractivity contribution in [2.45, 2.75) is 123 Å². The second-order valence-electron chi connectivity index (χ2n) is 11.8. The number of nitrogens with zero attached hydrogens (tertiary/aromatic N) is 1. The first kappa shape index (κ1) is 36.8. The van der Waals surface area contributed by atoms with E-state index in [4.69, 9.17) is 23.7 Å². The molecule has 3 fully saturated rings. The number of rotatable bonds is 9. The molecule has 3 saturated heterocycles. The second kappa shape index (κ2) is 15.0. The summed E-state index contributed by atoms with van der Waals surface area (Å²) in [6.45, 7) is -0.714. The minimum Gasteiger partial charge on any atom is -0.394 e. The van der Waals surface area contributed by atoms with Crippen molar-refractivity contribution in [3.8, 4) is 0 Å². The molecular formula is C26H45NO18. The highest BCUT2D eigenvalue weighted by Gasteiger charge is 2.54. The lowest BCUT2D eigenvalue weighted by molar-refractivity contribution is -0.375. The van der Waals surface area contributed by atoms with Crippen molar-refractivity contribution in [3.63, 3.8) is 0 Å². The van der Waals surface area contributed by atoms with E-state index in [1.54, 1.807) is 0 Å². The van der Waals surface area contributed by atoms with Crippen molar-refractivity contribution < 1.29 is 90.1 Å². The van der Waals surface area contributed by atoms with E-state index < -0.39 is 136 Å². The molecule has 19 atom stereocenters. The Kier molecular flexibility index (Phi) is 12.3. The second-order valence-corrected chi connectivity index (χ2v) is 11.8. The van der Waals surface area contributed by atoms with Gasteiger partial charge in [-0.1, -0.05) is 6.08 Å². The number of hydrogen-bond acceptors (Lipinski definition) is 19. The lowest BCUT2D eigenvalue weighted by atomic mass is 9.85. The minimum absolute atomic E-state index is 0.0404. The zero-order chi connectivity index (χ0) is 33.5. The summed E-state index contributed by atoms with van der Waals surface area (Å²) in [5, 5.41) is 134. The maximum absolute atomic E-state index is 11.1. The smallest absolute Gasteiger partial charge is 0.187 e. The Morgan fingerprint density at radius 2 is 1.16 bits per heavy atom. The van der Waals surface area contributed by atoms with Gasteiger partial charge in [-0.15, -0.1) is 0 Å². The Morgan fingerprint density at radius 3 is 1.71 bits per heavy atom. The fourth-order valence-corrected chi connectivity index (χ4v) is 6.30. The summed E-state index contributed by atoms with van der Waals surface area (Å²) in [7, 11) is 1.46. The minimum atomic E-state index is -1.93. The summed E-state index contributed by atoms with van der Waals surface area (Å²) >= 11 is 0. The third kappa shape index (κ3) is 7.08. The van der Waals surface area contributed by atoms with Gasteiger partial charge < -0.3 is 90.1 Å². The van der Waals surface area contributed by atoms with Gasteiger partial charge in [0.15, 0.2) is 18.9 Å². The lowest BCUT2D eigenvalue weighted by Crippen LogP contribution is -2.68. The molecule has 0 amide bonds. The first-order chi connectivity index (χ1) is 21.2. The highest BCUT2D eigenvalue weighted by Crippen LogP contribution is 2.34. The molecule has 3 aliphatic heterocycles. The molecule has 0 radical (unpaired) electrons. The molecule has 19 heteroatoms. The van der Waals surface area contributed by atoms with Crippen LogP contribution in [0, 0.1) is 0 Å². The number of likely N-dealkylation sites (N-methyl/N-ethyl adjacent to an activating group) is 1. The molecular weight excluding hydrogens is 614 g/mol. The first-order valence-corrected chi connectivity index (χ1v) is 14.5. The van der Waals surface area contributed by atoms with Gasteiger partial charge in [0.05, 0.1) is 38.0 Å². The maximum Gasteiger partial charge on any atom is 0.187 e. The van der Waals surface area contributed by atoms with Crippen LogP contribution >= 0.6 is 0 Å². The molecule has 19 unspecified atom stereocenters. The van der Waals surface area contributed by atoms with Gasteiger partial charge in [-0.2, -0.15) is 0 Å². The van der Waals surface area contributed by atoms with Crippen molar-refractivity contribution in [2.24, 2.45) is 0 Å². The number of aliphatic hydroxyl groups excluding tert-OH is 13. The van der Waals surface area contributed by atoms with Crippen LogP contribution in [-0.4, -0.2) is 215 Å². The van der Waals surface area contributed by atoms with E-state index in [1.807, 2.05) is 0 Å². The molecule has 0 aromatic carbocycles. The van der Waals surface area contributed by atoms with Gasteiger partial charge >= 0.3 is 0 Å². The topological polar surface area (TPSA) is 312 Å². The van der Waals surface area contributed by atoms with Crippen molar-refractivity contribution in [1.29, 1.82) is 0 Å². The van der Waals surface area contributed by atoms with Gasteiger partial charge in [0.2, 0.25) is 0 Å². The molecule has 0 aromatic rings. The van der Waals surface area contributed by atoms with E-state index in [0.29, 0.717) is 0 Å². The molecule has 4 rings (SSSR count). The van der Waals surface area contributed by atoms with Crippen LogP contribution < -0.4 is 0 Å². The van der Waals surface area contributed by atoms with Crippen LogP contribution in [0.25, 0.3) is 0 Å². The highest BCUT2D eigenvalue weighted by atomic mass is 16.7. The summed E-state index contributed by atoms with van der Waals surface area (Å²) in [5.74, 6) is 0. The first-order valence-electron chi connectivity index (χ1n) is 14.5. The SMILES string of the molecule is CC1OC(OC2C(CO)OC(OC3C(CO)OC(O)C(O)C3O)C(O)C2O)C(O)C(O)C1N(C)C1C=C(CO)C(O)C(O)C1O. The van der Waals surface area contributed by atoms with Crippen molar-refractivity contribution in [2.75, 3.05) is 26.9 Å². The van der Waals surface area contributed by atoms with E-state index in [-0.39, 0.29) is 5.57 Å². The molecule has 45 heavy (non-hydrogen) atoms. The molecule has 19 nitrogen and oxygen atoms in total. The van der Waals surface area contributed by atoms with Gasteiger partial charge in [-0.05, 0) is 19.5 Å². The van der Waals surface area contributed by atoms with Gasteiger partial charge in [-0.25, -0.2) is 0 Å². The van der Waals surface area contributed by atoms with Crippen LogP contribution in [0.1, 0.15) is 6.92 Å². The lowest BCUT2D eigenvalue weighted by Gasteiger charge is -2.50. The Balaban J connectivity index is 1.45. The van der Waals surface area contributed by atoms with Crippen LogP contribution in [0.15, 0.2) is 11.6 Å². The average molecular weight is 660 g/mol. The number of aliphatic hydroxyl groups is 13. The average Bonchev–Trinajstić information content (AvgIpc) is 3.01. The molecule has 3 heterocycles. The van der Waals surface area contributed by atoms with E-state index in [2.05, 4.69) is 0 Å². The molecule has 13 N–H and O–H groups in total. The molecule has 4 aliphatic rings. The fraction of sp³-hybridized carbons (Fsp3) is 0.923. The van der Waals surface area contributed by atoms with E-state index in [9.17, 15) is 66.4 Å². The van der Waals surface area contributed by atoms with Crippen molar-refractivity contribution in [1.82, 2.24) is 4.90 Å². The zero-order valence-corrected chi connectivity index (χ0v) is 24.5. The summed E-state index contributed by atoms with van der Waals surface area (Å²) in [4.78, 5) is 1.39. The number of hydrogen-bond donors (Lipinski definition) is 13. The van der Waals surface area contributed by atoms with E-state index in [0.717, 1.165) is 0 Å². The third-order valence-electron chi connectivity index (χ3n) is 8.96. The quantitative estimate of drug-likeness (QED) is 0.102. The van der Waals surface area contributed by atoms with E-state index in [1.165, 1.54) is 24.9 Å². The molecule has 0 saturated carbocycles. The maximum atomic E-state index is 11.1. The fourth-order valence-electron chi connectivity index (χ4n) is 6.30. The summed E-state index contributed by atoms with van der Waals surface area (Å²) in [6, 6.07) is -2.07. The number of ether oxygens (including phenoxy) is 5. The van der Waals surface area contributed by atoms with Crippen molar-refractivity contribution >= 4 is 0 Å². The van der Waals surface area contributed by atoms with Crippen LogP contribution in [0.4, 0.5) is 0 Å². The zero-order valence-electron chi connectivity index (χ0n) is 24.5.